The molecule has 0 aliphatic carbocycles. The van der Waals surface area contributed by atoms with E-state index in [4.69, 9.17) is 13.0 Å². The van der Waals surface area contributed by atoms with Crippen molar-refractivity contribution in [2.24, 2.45) is 5.14 Å². The summed E-state index contributed by atoms with van der Waals surface area (Å²) in [5.41, 5.74) is 0. The van der Waals surface area contributed by atoms with Crippen LogP contribution < -0.4 is 5.14 Å². The van der Waals surface area contributed by atoms with Gasteiger partial charge < -0.3 is 0 Å². The molecular formula is CH6FNO3S. The minimum atomic E-state index is -4.17. The van der Waals surface area contributed by atoms with E-state index in [0.717, 1.165) is 0 Å². The van der Waals surface area contributed by atoms with Crippen LogP contribution in [0.4, 0.5) is 4.39 Å². The molecule has 0 aliphatic heterocycles. The maximum atomic E-state index is 9.50. The Morgan fingerprint density at radius 3 is 1.57 bits per heavy atom. The van der Waals surface area contributed by atoms with Crippen LogP contribution in [0.5, 0.6) is 0 Å². The van der Waals surface area contributed by atoms with E-state index in [1.165, 1.54) is 0 Å². The minimum absolute atomic E-state index is 0.500. The predicted molar refractivity (Wildman–Crippen MR) is 22.8 cm³/mol. The Balaban J connectivity index is 0. The van der Waals surface area contributed by atoms with Gasteiger partial charge in [0.2, 0.25) is 0 Å². The molecule has 0 saturated heterocycles. The molecule has 0 spiro atoms. The summed E-state index contributed by atoms with van der Waals surface area (Å²) in [6, 6.07) is 0. The molecule has 0 atom stereocenters. The summed E-state index contributed by atoms with van der Waals surface area (Å²) in [7, 11) is -3.67. The lowest BCUT2D eigenvalue weighted by Crippen LogP contribution is -2.08. The lowest BCUT2D eigenvalue weighted by molar-refractivity contribution is 0.485. The van der Waals surface area contributed by atoms with Crippen LogP contribution in [0.1, 0.15) is 0 Å². The number of hydrogen-bond donors (Lipinski definition) is 2. The first kappa shape index (κ1) is 9.93. The molecule has 46 valence electrons. The van der Waals surface area contributed by atoms with Gasteiger partial charge in [0.1, 0.15) is 0 Å². The Morgan fingerprint density at radius 2 is 1.57 bits per heavy atom. The van der Waals surface area contributed by atoms with Gasteiger partial charge >= 0.3 is 10.3 Å². The molecule has 0 aromatic heterocycles. The van der Waals surface area contributed by atoms with Crippen molar-refractivity contribution < 1.29 is 17.4 Å². The molecule has 0 aromatic rings. The van der Waals surface area contributed by atoms with Gasteiger partial charge in [-0.3, -0.25) is 8.94 Å². The normalized spacial score (nSPS) is 9.14. The van der Waals surface area contributed by atoms with E-state index in [1.807, 2.05) is 0 Å². The summed E-state index contributed by atoms with van der Waals surface area (Å²) in [5.74, 6) is 0. The molecule has 0 aliphatic rings. The molecule has 6 heteroatoms. The zero-order valence-corrected chi connectivity index (χ0v) is 4.44. The van der Waals surface area contributed by atoms with E-state index in [9.17, 15) is 4.39 Å². The van der Waals surface area contributed by atoms with Crippen molar-refractivity contribution in [2.75, 3.05) is 7.18 Å². The maximum Gasteiger partial charge on any atom is 0.330 e. The van der Waals surface area contributed by atoms with Crippen LogP contribution in [0, 0.1) is 0 Å². The second-order valence-corrected chi connectivity index (χ2v) is 1.54. The lowest BCUT2D eigenvalue weighted by atomic mass is 11.9. The molecule has 0 bridgehead atoms. The Morgan fingerprint density at radius 1 is 1.57 bits per heavy atom. The van der Waals surface area contributed by atoms with E-state index < -0.39 is 10.3 Å². The largest absolute Gasteiger partial charge is 0.330 e. The molecule has 3 N–H and O–H groups in total. The highest BCUT2D eigenvalue weighted by molar-refractivity contribution is 7.83. The van der Waals surface area contributed by atoms with E-state index in [-0.39, 0.29) is 0 Å². The average Bonchev–Trinajstić information content (AvgIpc) is 1.36. The van der Waals surface area contributed by atoms with Crippen LogP contribution in [0.3, 0.4) is 0 Å². The molecule has 0 aromatic carbocycles. The Labute approximate surface area is 41.0 Å². The van der Waals surface area contributed by atoms with Gasteiger partial charge in [-0.05, 0) is 0 Å². The Bertz CT molecular complexity index is 98.1. The van der Waals surface area contributed by atoms with Crippen molar-refractivity contribution in [1.82, 2.24) is 0 Å². The van der Waals surface area contributed by atoms with E-state index in [0.29, 0.717) is 7.18 Å². The molecule has 0 radical (unpaired) electrons. The zero-order valence-electron chi connectivity index (χ0n) is 3.63. The fourth-order valence-corrected chi connectivity index (χ4v) is 0. The molecular weight excluding hydrogens is 125 g/mol. The lowest BCUT2D eigenvalue weighted by Gasteiger charge is -1.70. The number of hydrogen-bond acceptors (Lipinski definition) is 2. The van der Waals surface area contributed by atoms with Gasteiger partial charge in [-0.2, -0.15) is 8.42 Å². The summed E-state index contributed by atoms with van der Waals surface area (Å²) in [4.78, 5) is 0. The summed E-state index contributed by atoms with van der Waals surface area (Å²) < 4.78 is 34.7. The zero-order chi connectivity index (χ0) is 6.50. The highest BCUT2D eigenvalue weighted by Crippen LogP contribution is 1.50. The molecule has 0 unspecified atom stereocenters. The second-order valence-electron chi connectivity index (χ2n) is 0.515. The quantitative estimate of drug-likeness (QED) is 0.428. The van der Waals surface area contributed by atoms with Gasteiger partial charge in [0.25, 0.3) is 0 Å². The Hall–Kier alpha value is -0.200. The van der Waals surface area contributed by atoms with Gasteiger partial charge in [0.15, 0.2) is 0 Å². The van der Waals surface area contributed by atoms with E-state index in [2.05, 4.69) is 5.14 Å². The van der Waals surface area contributed by atoms with E-state index >= 15 is 0 Å². The molecule has 4 nitrogen and oxygen atoms in total. The van der Waals surface area contributed by atoms with Crippen LogP contribution >= 0.6 is 0 Å². The minimum Gasteiger partial charge on any atom is -0.274 e. The topological polar surface area (TPSA) is 80.4 Å². The van der Waals surface area contributed by atoms with Gasteiger partial charge in [0.05, 0.1) is 7.18 Å². The highest BCUT2D eigenvalue weighted by atomic mass is 32.2. The van der Waals surface area contributed by atoms with Crippen LogP contribution in [0.15, 0.2) is 0 Å². The smallest absolute Gasteiger partial charge is 0.274 e. The summed E-state index contributed by atoms with van der Waals surface area (Å²) >= 11 is 0. The van der Waals surface area contributed by atoms with Crippen LogP contribution in [-0.2, 0) is 10.3 Å². The third-order valence-corrected chi connectivity index (χ3v) is 0. The first-order chi connectivity index (χ1) is 3.00. The van der Waals surface area contributed by atoms with Crippen molar-refractivity contribution in [3.05, 3.63) is 0 Å². The summed E-state index contributed by atoms with van der Waals surface area (Å²) in [6.45, 7) is 0. The predicted octanol–water partition coefficient (Wildman–Crippen LogP) is -0.666. The van der Waals surface area contributed by atoms with Crippen molar-refractivity contribution in [3.8, 4) is 0 Å². The maximum absolute atomic E-state index is 9.50. The molecule has 0 amide bonds. The van der Waals surface area contributed by atoms with Crippen molar-refractivity contribution in [2.45, 2.75) is 0 Å². The third kappa shape index (κ3) is 2090. The average molecular weight is 131 g/mol. The number of rotatable bonds is 0. The fourth-order valence-electron chi connectivity index (χ4n) is 0. The SMILES string of the molecule is CF.NS(=O)(=O)O. The van der Waals surface area contributed by atoms with Crippen LogP contribution in [0.2, 0.25) is 0 Å². The fraction of sp³-hybridized carbons (Fsp3) is 1.00. The molecule has 0 heterocycles. The third-order valence-electron chi connectivity index (χ3n) is 0. The standard InChI is InChI=1S/CH3F.H3NO3S/c1-2;1-5(2,3)4/h1H3;(H3,1,2,3,4). The summed E-state index contributed by atoms with van der Waals surface area (Å²) in [5, 5.41) is 3.88. The summed E-state index contributed by atoms with van der Waals surface area (Å²) in [6.07, 6.45) is 0. The number of alkyl halides is 1. The molecule has 0 saturated carbocycles. The Kier molecular flexibility index (Phi) is 5.63. The van der Waals surface area contributed by atoms with Crippen molar-refractivity contribution in [3.63, 3.8) is 0 Å². The second kappa shape index (κ2) is 3.97. The first-order valence-electron chi connectivity index (χ1n) is 1.13. The van der Waals surface area contributed by atoms with Gasteiger partial charge in [-0.1, -0.05) is 0 Å². The van der Waals surface area contributed by atoms with Gasteiger partial charge in [-0.25, -0.2) is 5.14 Å². The van der Waals surface area contributed by atoms with Crippen molar-refractivity contribution in [1.29, 1.82) is 0 Å². The number of nitrogens with two attached hydrogens (primary N) is 1. The van der Waals surface area contributed by atoms with Gasteiger partial charge in [0, 0.05) is 0 Å². The monoisotopic (exact) mass is 131 g/mol. The van der Waals surface area contributed by atoms with Crippen LogP contribution in [-0.4, -0.2) is 20.1 Å². The molecule has 0 rings (SSSR count). The van der Waals surface area contributed by atoms with Crippen molar-refractivity contribution >= 4 is 10.3 Å². The van der Waals surface area contributed by atoms with E-state index in [1.54, 1.807) is 0 Å². The highest BCUT2D eigenvalue weighted by Gasteiger charge is 1.81. The number of halogens is 1. The molecule has 7 heavy (non-hydrogen) atoms. The molecule has 0 fully saturated rings. The van der Waals surface area contributed by atoms with Crippen LogP contribution in [0.25, 0.3) is 0 Å². The van der Waals surface area contributed by atoms with Gasteiger partial charge in [-0.15, -0.1) is 0 Å². The first-order valence-corrected chi connectivity index (χ1v) is 2.63.